The van der Waals surface area contributed by atoms with Crippen molar-refractivity contribution < 1.29 is 0 Å². The molecule has 7 aromatic rings. The van der Waals surface area contributed by atoms with Crippen LogP contribution in [0.3, 0.4) is 0 Å². The quantitative estimate of drug-likeness (QED) is 0.163. The largest absolute Gasteiger partial charge is 0.311 e. The van der Waals surface area contributed by atoms with Crippen LogP contribution in [0.1, 0.15) is 162 Å². The highest BCUT2D eigenvalue weighted by molar-refractivity contribution is 7.33. The van der Waals surface area contributed by atoms with Crippen molar-refractivity contribution in [3.05, 3.63) is 148 Å². The van der Waals surface area contributed by atoms with Crippen LogP contribution >= 0.6 is 11.3 Å². The highest BCUT2D eigenvalue weighted by Gasteiger charge is 2.49. The Labute approximate surface area is 406 Å². The molecule has 0 bridgehead atoms. The van der Waals surface area contributed by atoms with Gasteiger partial charge in [-0.3, -0.25) is 0 Å². The van der Waals surface area contributed by atoms with Crippen LogP contribution in [0.25, 0.3) is 21.2 Å². The van der Waals surface area contributed by atoms with Gasteiger partial charge in [-0.15, -0.1) is 11.3 Å². The van der Waals surface area contributed by atoms with E-state index in [0.717, 1.165) is 0 Å². The van der Waals surface area contributed by atoms with Crippen LogP contribution in [0.15, 0.2) is 109 Å². The number of hydrogen-bond acceptors (Lipinski definition) is 3. The van der Waals surface area contributed by atoms with Crippen LogP contribution in [0.2, 0.25) is 0 Å². The van der Waals surface area contributed by atoms with Gasteiger partial charge in [0.2, 0.25) is 0 Å². The van der Waals surface area contributed by atoms with Gasteiger partial charge >= 0.3 is 0 Å². The van der Waals surface area contributed by atoms with E-state index < -0.39 is 0 Å². The molecule has 6 aromatic carbocycles. The second kappa shape index (κ2) is 14.5. The fourth-order valence-electron chi connectivity index (χ4n) is 12.4. The molecule has 0 unspecified atom stereocenters. The maximum atomic E-state index is 2.72. The minimum absolute atomic E-state index is 0.00793. The molecule has 0 saturated heterocycles. The first-order valence-corrected chi connectivity index (χ1v) is 26.0. The summed E-state index contributed by atoms with van der Waals surface area (Å²) in [4.78, 5) is 5.40. The number of benzene rings is 6. The van der Waals surface area contributed by atoms with Gasteiger partial charge in [0.05, 0.1) is 5.69 Å². The minimum Gasteiger partial charge on any atom is -0.311 e. The topological polar surface area (TPSA) is 6.48 Å². The first-order chi connectivity index (χ1) is 31.4. The monoisotopic (exact) mass is 899 g/mol. The normalized spacial score (nSPS) is 18.5. The predicted molar refractivity (Wildman–Crippen MR) is 294 cm³/mol. The van der Waals surface area contributed by atoms with Gasteiger partial charge in [0, 0.05) is 43.3 Å². The molecule has 3 heterocycles. The Kier molecular flexibility index (Phi) is 9.61. The van der Waals surface area contributed by atoms with Gasteiger partial charge in [0.1, 0.15) is 0 Å². The first-order valence-electron chi connectivity index (χ1n) is 25.2. The first kappa shape index (κ1) is 44.5. The maximum Gasteiger partial charge on any atom is 0.264 e. The molecule has 2 aliphatic carbocycles. The second-order valence-corrected chi connectivity index (χ2v) is 26.7. The number of rotatable bonds is 3. The summed E-state index contributed by atoms with van der Waals surface area (Å²) in [5, 5.41) is 1.35. The van der Waals surface area contributed by atoms with Gasteiger partial charge < -0.3 is 9.80 Å². The van der Waals surface area contributed by atoms with Gasteiger partial charge in [0.25, 0.3) is 6.71 Å². The van der Waals surface area contributed by atoms with Gasteiger partial charge in [-0.1, -0.05) is 152 Å². The molecule has 4 heteroatoms. The van der Waals surface area contributed by atoms with E-state index in [0.29, 0.717) is 0 Å². The third kappa shape index (κ3) is 6.84. The van der Waals surface area contributed by atoms with Crippen LogP contribution in [0.4, 0.5) is 34.1 Å². The van der Waals surface area contributed by atoms with Crippen molar-refractivity contribution in [3.8, 4) is 11.1 Å². The van der Waals surface area contributed by atoms with E-state index in [2.05, 4.69) is 223 Å². The smallest absolute Gasteiger partial charge is 0.264 e. The van der Waals surface area contributed by atoms with E-state index in [1.807, 2.05) is 11.3 Å². The molecule has 11 rings (SSSR count). The van der Waals surface area contributed by atoms with E-state index >= 15 is 0 Å². The van der Waals surface area contributed by atoms with Gasteiger partial charge in [-0.2, -0.15) is 0 Å². The van der Waals surface area contributed by atoms with Crippen molar-refractivity contribution in [1.82, 2.24) is 0 Å². The molecule has 0 spiro atoms. The van der Waals surface area contributed by atoms with Gasteiger partial charge in [-0.25, -0.2) is 0 Å². The summed E-state index contributed by atoms with van der Waals surface area (Å²) >= 11 is 2.02. The SMILES string of the molecule is Cc1ccccc1-c1cc2c3c(c1)N(c1ccc(C(C)(C)C)cc1)c1c(sc4ccc(C(C)(C)C)cc14)B3c1cc3c(cc1N2c1ccc2c(c1)C(C)(C)CCC2(C)C)C(C)(C)CCC3(C)C. The van der Waals surface area contributed by atoms with E-state index in [1.165, 1.54) is 136 Å². The van der Waals surface area contributed by atoms with Crippen LogP contribution in [0.5, 0.6) is 0 Å². The third-order valence-electron chi connectivity index (χ3n) is 17.0. The second-order valence-electron chi connectivity index (χ2n) is 25.6. The minimum atomic E-state index is 0.00793. The lowest BCUT2D eigenvalue weighted by atomic mass is 9.35. The molecule has 0 fully saturated rings. The zero-order valence-electron chi connectivity index (χ0n) is 43.1. The van der Waals surface area contributed by atoms with Crippen LogP contribution in [0, 0.1) is 6.92 Å². The molecule has 0 radical (unpaired) electrons. The average Bonchev–Trinajstić information content (AvgIpc) is 3.64. The van der Waals surface area contributed by atoms with Crippen molar-refractivity contribution in [2.75, 3.05) is 9.80 Å². The fraction of sp³-hybridized carbons (Fsp3) is 0.397. The molecule has 0 atom stereocenters. The number of thiophene rings is 1. The van der Waals surface area contributed by atoms with E-state index in [9.17, 15) is 0 Å². The third-order valence-corrected chi connectivity index (χ3v) is 18.3. The van der Waals surface area contributed by atoms with Crippen molar-refractivity contribution in [1.29, 1.82) is 0 Å². The summed E-state index contributed by atoms with van der Waals surface area (Å²) in [5.41, 5.74) is 23.5. The molecule has 4 aliphatic rings. The lowest BCUT2D eigenvalue weighted by Gasteiger charge is -2.47. The van der Waals surface area contributed by atoms with Crippen molar-refractivity contribution in [2.45, 2.75) is 162 Å². The van der Waals surface area contributed by atoms with Gasteiger partial charge in [-0.05, 0) is 181 Å². The Hall–Kier alpha value is -5.06. The number of aryl methyl sites for hydroxylation is 1. The molecule has 0 saturated carbocycles. The molecule has 0 amide bonds. The highest BCUT2D eigenvalue weighted by Crippen LogP contribution is 2.54. The lowest BCUT2D eigenvalue weighted by molar-refractivity contribution is 0.332. The van der Waals surface area contributed by atoms with Crippen molar-refractivity contribution >= 4 is 78.0 Å². The number of fused-ring (bicyclic) bond motifs is 8. The van der Waals surface area contributed by atoms with Crippen LogP contribution in [-0.2, 0) is 32.5 Å². The van der Waals surface area contributed by atoms with Crippen molar-refractivity contribution in [3.63, 3.8) is 0 Å². The Morgan fingerprint density at radius 1 is 0.507 bits per heavy atom. The van der Waals surface area contributed by atoms with E-state index in [-0.39, 0.29) is 39.2 Å². The Bertz CT molecular complexity index is 3180. The van der Waals surface area contributed by atoms with E-state index in [1.54, 1.807) is 0 Å². The predicted octanol–water partition coefficient (Wildman–Crippen LogP) is 16.3. The summed E-state index contributed by atoms with van der Waals surface area (Å²) in [6, 6.07) is 44.0. The van der Waals surface area contributed by atoms with E-state index in [4.69, 9.17) is 0 Å². The average molecular weight is 899 g/mol. The molecule has 0 N–H and O–H groups in total. The molecule has 67 heavy (non-hydrogen) atoms. The Balaban J connectivity index is 1.31. The van der Waals surface area contributed by atoms with Crippen LogP contribution in [-0.4, -0.2) is 6.71 Å². The van der Waals surface area contributed by atoms with Crippen molar-refractivity contribution in [2.24, 2.45) is 0 Å². The highest BCUT2D eigenvalue weighted by atomic mass is 32.1. The summed E-state index contributed by atoms with van der Waals surface area (Å²) in [7, 11) is 0. The summed E-state index contributed by atoms with van der Waals surface area (Å²) in [6.07, 6.45) is 4.73. The standard InChI is InChI=1S/C63H71BN2S/c1-38-18-16-17-19-44(38)39-32-52-55-53(33-39)66(42-23-20-40(21-24-42)58(2,3)4)56-45-34-41(59(5,6)7)22-27-54(45)67-57(56)64(55)50-36-48-49(63(14,15)31-30-62(48,12)13)37-51(50)65(52)43-25-26-46-47(35-43)61(10,11)29-28-60(46,8)9/h16-27,32-37H,28-31H2,1-15H3. The summed E-state index contributed by atoms with van der Waals surface area (Å²) in [5.74, 6) is 0. The summed E-state index contributed by atoms with van der Waals surface area (Å²) < 4.78 is 2.80. The number of hydrogen-bond donors (Lipinski definition) is 0. The lowest BCUT2D eigenvalue weighted by Crippen LogP contribution is -2.61. The number of anilines is 6. The fourth-order valence-corrected chi connectivity index (χ4v) is 13.7. The summed E-state index contributed by atoms with van der Waals surface area (Å²) in [6.45, 7) is 36.2. The molecule has 1 aromatic heterocycles. The zero-order chi connectivity index (χ0) is 47.5. The van der Waals surface area contributed by atoms with Gasteiger partial charge in [0.15, 0.2) is 0 Å². The molecular formula is C63H71BN2S. The molecule has 2 aliphatic heterocycles. The zero-order valence-corrected chi connectivity index (χ0v) is 43.9. The molecule has 342 valence electrons. The Morgan fingerprint density at radius 3 is 1.66 bits per heavy atom. The number of nitrogens with zero attached hydrogens (tertiary/aromatic N) is 2. The molecular weight excluding hydrogens is 828 g/mol. The maximum absolute atomic E-state index is 2.72. The van der Waals surface area contributed by atoms with Crippen LogP contribution < -0.4 is 25.5 Å². The Morgan fingerprint density at radius 2 is 1.04 bits per heavy atom. The molecule has 2 nitrogen and oxygen atoms in total.